The van der Waals surface area contributed by atoms with Crippen LogP contribution in [0.15, 0.2) is 54.1 Å². The average molecular weight is 552 g/mol. The lowest BCUT2D eigenvalue weighted by atomic mass is 9.94. The molecule has 2 aromatic carbocycles. The van der Waals surface area contributed by atoms with Gasteiger partial charge in [-0.3, -0.25) is 9.59 Å². The molecule has 6 heteroatoms. The summed E-state index contributed by atoms with van der Waals surface area (Å²) in [7, 11) is 1.54. The Morgan fingerprint density at radius 1 is 0.800 bits per heavy atom. The number of carbonyl (C=O) groups is 2. The van der Waals surface area contributed by atoms with Crippen molar-refractivity contribution in [2.24, 2.45) is 0 Å². The molecular formula is C34H46FNO4. The lowest BCUT2D eigenvalue weighted by molar-refractivity contribution is -0.140. The molecule has 1 atom stereocenters. The van der Waals surface area contributed by atoms with Crippen molar-refractivity contribution in [3.8, 4) is 5.75 Å². The van der Waals surface area contributed by atoms with Crippen LogP contribution < -0.4 is 4.74 Å². The molecule has 0 spiro atoms. The summed E-state index contributed by atoms with van der Waals surface area (Å²) in [6, 6.07) is 11.7. The van der Waals surface area contributed by atoms with Crippen LogP contribution in [-0.2, 0) is 9.59 Å². The monoisotopic (exact) mass is 551 g/mol. The Bertz CT molecular complexity index is 1110. The molecule has 0 aliphatic carbocycles. The number of likely N-dealkylation sites (tertiary alicyclic amines) is 1. The number of ether oxygens (including phenoxy) is 1. The van der Waals surface area contributed by atoms with Crippen LogP contribution in [0.1, 0.15) is 114 Å². The predicted molar refractivity (Wildman–Crippen MR) is 159 cm³/mol. The van der Waals surface area contributed by atoms with Gasteiger partial charge in [0.2, 0.25) is 0 Å². The highest BCUT2D eigenvalue weighted by Gasteiger charge is 2.46. The van der Waals surface area contributed by atoms with Crippen molar-refractivity contribution in [3.63, 3.8) is 0 Å². The molecule has 1 aliphatic heterocycles. The first kappa shape index (κ1) is 31.4. The Labute approximate surface area is 239 Å². The second-order valence-electron chi connectivity index (χ2n) is 10.8. The molecule has 5 nitrogen and oxygen atoms in total. The lowest BCUT2D eigenvalue weighted by Crippen LogP contribution is -2.31. The number of aliphatic hydroxyl groups is 1. The Hall–Kier alpha value is -3.15. The normalized spacial score (nSPS) is 16.6. The SMILES string of the molecule is CCCCCCCCCCCCCCCCN1C(=O)C(=O)/C(=C(/O)c2ccc(OC)cc2)C1c1ccccc1F. The molecule has 3 rings (SSSR count). The van der Waals surface area contributed by atoms with Gasteiger partial charge in [0, 0.05) is 17.7 Å². The lowest BCUT2D eigenvalue weighted by Gasteiger charge is -2.25. The highest BCUT2D eigenvalue weighted by Crippen LogP contribution is 2.40. The molecule has 0 bridgehead atoms. The molecule has 0 radical (unpaired) electrons. The zero-order valence-corrected chi connectivity index (χ0v) is 24.3. The summed E-state index contributed by atoms with van der Waals surface area (Å²) < 4.78 is 20.1. The standard InChI is InChI=1S/C34H46FNO4/c1-3-4-5-6-7-8-9-10-11-12-13-14-15-18-25-36-31(28-19-16-17-20-29(28)35)30(33(38)34(36)39)32(37)26-21-23-27(40-2)24-22-26/h16-17,19-24,31,37H,3-15,18,25H2,1-2H3/b32-30+. The average Bonchev–Trinajstić information content (AvgIpc) is 3.22. The molecule has 0 saturated carbocycles. The van der Waals surface area contributed by atoms with Crippen LogP contribution >= 0.6 is 0 Å². The Kier molecular flexibility index (Phi) is 13.2. The fourth-order valence-corrected chi connectivity index (χ4v) is 5.51. The van der Waals surface area contributed by atoms with Gasteiger partial charge in [-0.15, -0.1) is 0 Å². The molecule has 2 aromatic rings. The van der Waals surface area contributed by atoms with E-state index < -0.39 is 23.5 Å². The van der Waals surface area contributed by atoms with E-state index >= 15 is 0 Å². The quantitative estimate of drug-likeness (QED) is 0.0870. The first-order valence-corrected chi connectivity index (χ1v) is 15.2. The van der Waals surface area contributed by atoms with Gasteiger partial charge in [-0.1, -0.05) is 109 Å². The zero-order chi connectivity index (χ0) is 28.7. The number of rotatable bonds is 18. The molecule has 1 N–H and O–H groups in total. The first-order chi connectivity index (χ1) is 19.5. The van der Waals surface area contributed by atoms with Gasteiger partial charge in [-0.25, -0.2) is 4.39 Å². The van der Waals surface area contributed by atoms with Gasteiger partial charge < -0.3 is 14.7 Å². The minimum atomic E-state index is -0.967. The maximum atomic E-state index is 14.9. The second kappa shape index (κ2) is 16.8. The fraction of sp³-hybridized carbons (Fsp3) is 0.529. The Morgan fingerprint density at radius 3 is 1.85 bits per heavy atom. The van der Waals surface area contributed by atoms with Crippen LogP contribution in [0.25, 0.3) is 5.76 Å². The van der Waals surface area contributed by atoms with E-state index in [0.29, 0.717) is 17.9 Å². The van der Waals surface area contributed by atoms with Crippen LogP contribution in [-0.4, -0.2) is 35.4 Å². The molecule has 1 saturated heterocycles. The minimum Gasteiger partial charge on any atom is -0.507 e. The summed E-state index contributed by atoms with van der Waals surface area (Å²) in [5.74, 6) is -1.70. The second-order valence-corrected chi connectivity index (χ2v) is 10.8. The molecule has 1 heterocycles. The van der Waals surface area contributed by atoms with E-state index in [1.165, 1.54) is 82.3 Å². The summed E-state index contributed by atoms with van der Waals surface area (Å²) in [6.07, 6.45) is 17.1. The van der Waals surface area contributed by atoms with Crippen molar-refractivity contribution >= 4 is 17.4 Å². The number of unbranched alkanes of at least 4 members (excludes halogenated alkanes) is 13. The largest absolute Gasteiger partial charge is 0.507 e. The van der Waals surface area contributed by atoms with Crippen molar-refractivity contribution in [2.75, 3.05) is 13.7 Å². The van der Waals surface area contributed by atoms with Gasteiger partial charge in [0.15, 0.2) is 0 Å². The number of aliphatic hydroxyl groups excluding tert-OH is 1. The van der Waals surface area contributed by atoms with Crippen molar-refractivity contribution in [3.05, 3.63) is 71.0 Å². The number of benzene rings is 2. The number of amides is 1. The van der Waals surface area contributed by atoms with Crippen molar-refractivity contribution < 1.29 is 23.8 Å². The van der Waals surface area contributed by atoms with E-state index in [9.17, 15) is 19.1 Å². The Balaban J connectivity index is 1.55. The summed E-state index contributed by atoms with van der Waals surface area (Å²) >= 11 is 0. The summed E-state index contributed by atoms with van der Waals surface area (Å²) in [5, 5.41) is 11.1. The van der Waals surface area contributed by atoms with Crippen LogP contribution in [0.5, 0.6) is 5.75 Å². The van der Waals surface area contributed by atoms with E-state index in [0.717, 1.165) is 25.7 Å². The van der Waals surface area contributed by atoms with Crippen molar-refractivity contribution in [1.82, 2.24) is 4.90 Å². The molecular weight excluding hydrogens is 505 g/mol. The van der Waals surface area contributed by atoms with Crippen LogP contribution in [0.4, 0.5) is 4.39 Å². The van der Waals surface area contributed by atoms with Crippen LogP contribution in [0.2, 0.25) is 0 Å². The van der Waals surface area contributed by atoms with E-state index in [2.05, 4.69) is 6.92 Å². The zero-order valence-electron chi connectivity index (χ0n) is 24.3. The van der Waals surface area contributed by atoms with E-state index in [4.69, 9.17) is 4.74 Å². The third-order valence-electron chi connectivity index (χ3n) is 7.86. The van der Waals surface area contributed by atoms with E-state index in [1.54, 1.807) is 42.5 Å². The van der Waals surface area contributed by atoms with Gasteiger partial charge in [0.1, 0.15) is 17.3 Å². The Morgan fingerprint density at radius 2 is 1.32 bits per heavy atom. The van der Waals surface area contributed by atoms with Crippen molar-refractivity contribution in [1.29, 1.82) is 0 Å². The smallest absolute Gasteiger partial charge is 0.295 e. The minimum absolute atomic E-state index is 0.0781. The number of hydrogen-bond donors (Lipinski definition) is 1. The van der Waals surface area contributed by atoms with E-state index in [1.807, 2.05) is 0 Å². The molecule has 40 heavy (non-hydrogen) atoms. The number of halogens is 1. The van der Waals surface area contributed by atoms with Gasteiger partial charge in [0.25, 0.3) is 11.7 Å². The molecule has 1 fully saturated rings. The maximum Gasteiger partial charge on any atom is 0.295 e. The summed E-state index contributed by atoms with van der Waals surface area (Å²) in [4.78, 5) is 27.7. The van der Waals surface area contributed by atoms with Crippen LogP contribution in [0.3, 0.4) is 0 Å². The fourth-order valence-electron chi connectivity index (χ4n) is 5.51. The van der Waals surface area contributed by atoms with E-state index in [-0.39, 0.29) is 16.9 Å². The van der Waals surface area contributed by atoms with Crippen molar-refractivity contribution in [2.45, 2.75) is 103 Å². The maximum absolute atomic E-state index is 14.9. The third kappa shape index (κ3) is 8.67. The molecule has 218 valence electrons. The predicted octanol–water partition coefficient (Wildman–Crippen LogP) is 8.74. The number of Topliss-reactive ketones (excluding diaryl/α,β-unsaturated/α-hetero) is 1. The summed E-state index contributed by atoms with van der Waals surface area (Å²) in [6.45, 7) is 2.58. The number of nitrogens with zero attached hydrogens (tertiary/aromatic N) is 1. The van der Waals surface area contributed by atoms with Crippen LogP contribution in [0, 0.1) is 5.82 Å². The number of methoxy groups -OCH3 is 1. The molecule has 0 aromatic heterocycles. The third-order valence-corrected chi connectivity index (χ3v) is 7.86. The topological polar surface area (TPSA) is 66.8 Å². The molecule has 1 amide bonds. The number of carbonyl (C=O) groups excluding carboxylic acids is 2. The molecule has 1 aliphatic rings. The van der Waals surface area contributed by atoms with Gasteiger partial charge in [-0.05, 0) is 36.8 Å². The molecule has 1 unspecified atom stereocenters. The summed E-state index contributed by atoms with van der Waals surface area (Å²) in [5.41, 5.74) is 0.504. The highest BCUT2D eigenvalue weighted by atomic mass is 19.1. The van der Waals surface area contributed by atoms with Gasteiger partial charge in [-0.2, -0.15) is 0 Å². The first-order valence-electron chi connectivity index (χ1n) is 15.2. The number of ketones is 1. The van der Waals surface area contributed by atoms with Gasteiger partial charge >= 0.3 is 0 Å². The number of hydrogen-bond acceptors (Lipinski definition) is 4. The highest BCUT2D eigenvalue weighted by molar-refractivity contribution is 6.46. The van der Waals surface area contributed by atoms with Gasteiger partial charge in [0.05, 0.1) is 18.7 Å².